The second kappa shape index (κ2) is 7.69. The van der Waals surface area contributed by atoms with Gasteiger partial charge in [-0.3, -0.25) is 0 Å². The highest BCUT2D eigenvalue weighted by Crippen LogP contribution is 1.89. The van der Waals surface area contributed by atoms with Crippen LogP contribution in [-0.2, 0) is 13.6 Å². The van der Waals surface area contributed by atoms with Crippen LogP contribution in [0.15, 0.2) is 18.7 Å². The fraction of sp³-hybridized carbons (Fsp3) is 0.556. The molecule has 1 aromatic rings. The number of nitriles is 1. The van der Waals surface area contributed by atoms with Gasteiger partial charge in [-0.05, 0) is 18.7 Å². The van der Waals surface area contributed by atoms with Crippen LogP contribution in [0.4, 0.5) is 0 Å². The molecule has 0 atom stereocenters. The van der Waals surface area contributed by atoms with E-state index in [4.69, 9.17) is 5.26 Å². The number of imidazole rings is 1. The first kappa shape index (κ1) is 12.0. The number of aromatic nitrogens is 2. The van der Waals surface area contributed by atoms with Gasteiger partial charge in [0.25, 0.3) is 0 Å². The van der Waals surface area contributed by atoms with Crippen molar-refractivity contribution in [1.82, 2.24) is 4.57 Å². The Bertz CT molecular complexity index is 262. The van der Waals surface area contributed by atoms with Gasteiger partial charge in [-0.2, -0.15) is 5.26 Å². The molecule has 0 aliphatic rings. The van der Waals surface area contributed by atoms with Crippen LogP contribution in [0.25, 0.3) is 0 Å². The van der Waals surface area contributed by atoms with Gasteiger partial charge in [0, 0.05) is 5.75 Å². The number of thiocyanates is 1. The van der Waals surface area contributed by atoms with Crippen molar-refractivity contribution in [2.75, 3.05) is 5.75 Å². The summed E-state index contributed by atoms with van der Waals surface area (Å²) in [5.41, 5.74) is 0. The zero-order valence-electron chi connectivity index (χ0n) is 8.40. The van der Waals surface area contributed by atoms with Crippen LogP contribution >= 0.6 is 11.8 Å². The van der Waals surface area contributed by atoms with Crippen molar-refractivity contribution in [1.29, 1.82) is 5.26 Å². The van der Waals surface area contributed by atoms with E-state index in [0.29, 0.717) is 0 Å². The highest BCUT2D eigenvalue weighted by molar-refractivity contribution is 8.03. The topological polar surface area (TPSA) is 32.6 Å². The summed E-state index contributed by atoms with van der Waals surface area (Å²) in [6.07, 6.45) is 6.14. The van der Waals surface area contributed by atoms with Gasteiger partial charge < -0.3 is 0 Å². The van der Waals surface area contributed by atoms with E-state index in [-0.39, 0.29) is 0 Å². The number of thioether (sulfide) groups is 1. The van der Waals surface area contributed by atoms with Crippen molar-refractivity contribution in [3.63, 3.8) is 0 Å². The Labute approximate surface area is 84.0 Å². The lowest BCUT2D eigenvalue weighted by Gasteiger charge is -1.81. The molecule has 4 heteroatoms. The summed E-state index contributed by atoms with van der Waals surface area (Å²) in [5.74, 6) is 0.899. The van der Waals surface area contributed by atoms with E-state index in [1.165, 1.54) is 11.8 Å². The first-order valence-corrected chi connectivity index (χ1v) is 5.25. The lowest BCUT2D eigenvalue weighted by Crippen LogP contribution is -2.28. The minimum Gasteiger partial charge on any atom is -0.240 e. The van der Waals surface area contributed by atoms with Crippen molar-refractivity contribution < 1.29 is 4.57 Å². The molecule has 13 heavy (non-hydrogen) atoms. The number of hydrogen-bond donors (Lipinski definition) is 0. The lowest BCUT2D eigenvalue weighted by atomic mass is 10.7. The summed E-state index contributed by atoms with van der Waals surface area (Å²) in [7, 11) is 2.02. The Morgan fingerprint density at radius 3 is 2.38 bits per heavy atom. The zero-order valence-corrected chi connectivity index (χ0v) is 9.21. The lowest BCUT2D eigenvalue weighted by molar-refractivity contribution is -0.693. The number of hydrogen-bond acceptors (Lipinski definition) is 2. The third-order valence-electron chi connectivity index (χ3n) is 1.40. The Morgan fingerprint density at radius 2 is 2.23 bits per heavy atom. The maximum atomic E-state index is 7.78. The number of nitrogens with zero attached hydrogens (tertiary/aromatic N) is 3. The fourth-order valence-electron chi connectivity index (χ4n) is 0.753. The van der Waals surface area contributed by atoms with Gasteiger partial charge in [-0.25, -0.2) is 9.13 Å². The Kier molecular flexibility index (Phi) is 7.12. The molecule has 0 unspecified atom stereocenters. The highest BCUT2D eigenvalue weighted by Gasteiger charge is 1.92. The molecule has 0 saturated carbocycles. The molecule has 0 saturated heterocycles. The minimum absolute atomic E-state index is 0.899. The molecular formula is C9H16N3S+. The van der Waals surface area contributed by atoms with E-state index in [1.807, 2.05) is 30.1 Å². The van der Waals surface area contributed by atoms with Gasteiger partial charge in [0.15, 0.2) is 0 Å². The van der Waals surface area contributed by atoms with Gasteiger partial charge in [-0.1, -0.05) is 6.92 Å². The molecule has 0 aromatic carbocycles. The Morgan fingerprint density at radius 1 is 1.54 bits per heavy atom. The average Bonchev–Trinajstić information content (AvgIpc) is 2.54. The van der Waals surface area contributed by atoms with Crippen molar-refractivity contribution in [2.45, 2.75) is 20.4 Å². The quantitative estimate of drug-likeness (QED) is 0.533. The van der Waals surface area contributed by atoms with E-state index in [0.717, 1.165) is 12.3 Å². The van der Waals surface area contributed by atoms with E-state index < -0.39 is 0 Å². The molecule has 0 radical (unpaired) electrons. The molecule has 0 aliphatic carbocycles. The maximum absolute atomic E-state index is 7.78. The first-order chi connectivity index (χ1) is 6.24. The van der Waals surface area contributed by atoms with Crippen LogP contribution in [0.5, 0.6) is 0 Å². The predicted octanol–water partition coefficient (Wildman–Crippen LogP) is 1.55. The highest BCUT2D eigenvalue weighted by atomic mass is 32.2. The first-order valence-electron chi connectivity index (χ1n) is 4.26. The van der Waals surface area contributed by atoms with E-state index in [9.17, 15) is 0 Å². The SMILES string of the molecule is CCSC#N.CC[n+]1ccn(C)c1. The van der Waals surface area contributed by atoms with Crippen LogP contribution in [0, 0.1) is 10.7 Å². The van der Waals surface area contributed by atoms with Gasteiger partial charge >= 0.3 is 0 Å². The van der Waals surface area contributed by atoms with Crippen molar-refractivity contribution in [3.8, 4) is 5.40 Å². The number of aryl methyl sites for hydroxylation is 2. The third kappa shape index (κ3) is 6.23. The Balaban J connectivity index is 0.000000252. The van der Waals surface area contributed by atoms with E-state index in [2.05, 4.69) is 24.0 Å². The van der Waals surface area contributed by atoms with Gasteiger partial charge in [0.05, 0.1) is 13.6 Å². The van der Waals surface area contributed by atoms with Gasteiger partial charge in [0.1, 0.15) is 17.8 Å². The average molecular weight is 198 g/mol. The standard InChI is InChI=1S/C6H11N2.C3H5NS/c1-3-8-5-4-7(2)6-8;1-2-5-3-4/h4-6H,3H2,1-2H3;2H2,1H3/q+1;. The minimum atomic E-state index is 0.899. The van der Waals surface area contributed by atoms with E-state index in [1.54, 1.807) is 0 Å². The Hall–Kier alpha value is -0.950. The van der Waals surface area contributed by atoms with Crippen LogP contribution in [0.3, 0.4) is 0 Å². The molecule has 3 nitrogen and oxygen atoms in total. The summed E-state index contributed by atoms with van der Waals surface area (Å²) >= 11 is 1.27. The van der Waals surface area contributed by atoms with E-state index >= 15 is 0 Å². The maximum Gasteiger partial charge on any atom is 0.243 e. The van der Waals surface area contributed by atoms with Gasteiger partial charge in [0.2, 0.25) is 6.33 Å². The molecule has 1 heterocycles. The largest absolute Gasteiger partial charge is 0.243 e. The summed E-state index contributed by atoms with van der Waals surface area (Å²) in [6, 6.07) is 0. The summed E-state index contributed by atoms with van der Waals surface area (Å²) in [4.78, 5) is 0. The molecule has 0 aliphatic heterocycles. The second-order valence-electron chi connectivity index (χ2n) is 2.43. The molecule has 1 aromatic heterocycles. The molecular weight excluding hydrogens is 182 g/mol. The van der Waals surface area contributed by atoms with Gasteiger partial charge in [-0.15, -0.1) is 0 Å². The molecule has 0 spiro atoms. The molecule has 72 valence electrons. The molecule has 0 fully saturated rings. The van der Waals surface area contributed by atoms with Crippen molar-refractivity contribution in [2.24, 2.45) is 7.05 Å². The third-order valence-corrected chi connectivity index (χ3v) is 1.82. The van der Waals surface area contributed by atoms with Crippen molar-refractivity contribution >= 4 is 11.8 Å². The molecule has 1 rings (SSSR count). The normalized spacial score (nSPS) is 8.46. The van der Waals surface area contributed by atoms with Crippen LogP contribution < -0.4 is 4.57 Å². The fourth-order valence-corrected chi connectivity index (χ4v) is 0.882. The van der Waals surface area contributed by atoms with Crippen LogP contribution in [-0.4, -0.2) is 10.3 Å². The monoisotopic (exact) mass is 198 g/mol. The molecule has 0 amide bonds. The van der Waals surface area contributed by atoms with Crippen molar-refractivity contribution in [3.05, 3.63) is 18.7 Å². The smallest absolute Gasteiger partial charge is 0.240 e. The summed E-state index contributed by atoms with van der Waals surface area (Å²) in [6.45, 7) is 5.13. The predicted molar refractivity (Wildman–Crippen MR) is 55.0 cm³/mol. The second-order valence-corrected chi connectivity index (χ2v) is 3.48. The summed E-state index contributed by atoms with van der Waals surface area (Å²) in [5, 5.41) is 9.71. The molecule has 0 bridgehead atoms. The van der Waals surface area contributed by atoms with Crippen LogP contribution in [0.2, 0.25) is 0 Å². The summed E-state index contributed by atoms with van der Waals surface area (Å²) < 4.78 is 4.16. The number of rotatable bonds is 2. The molecule has 0 N–H and O–H groups in total. The van der Waals surface area contributed by atoms with Crippen LogP contribution in [0.1, 0.15) is 13.8 Å². The zero-order chi connectivity index (χ0) is 10.1.